The predicted octanol–water partition coefficient (Wildman–Crippen LogP) is 3.82. The summed E-state index contributed by atoms with van der Waals surface area (Å²) in [6.07, 6.45) is 0.953. The van der Waals surface area contributed by atoms with Crippen LogP contribution in [0.1, 0.15) is 12.5 Å². The molecule has 0 radical (unpaired) electrons. The van der Waals surface area contributed by atoms with Gasteiger partial charge in [0.1, 0.15) is 5.82 Å². The fourth-order valence-corrected chi connectivity index (χ4v) is 2.41. The number of amides is 1. The number of carbonyl (C=O) groups excluding carboxylic acids is 1. The standard InChI is InChI=1S/C20H22FNO3/c1-4-13-22(14-16-9-11-17(21)12-10-16)20(23)15(2)25-19-8-6-5-7-18(19)24-3/h4-12,15H,1,13-14H2,2-3H3/t15-/m1/s1. The Hall–Kier alpha value is -2.82. The smallest absolute Gasteiger partial charge is 0.263 e. The van der Waals surface area contributed by atoms with Gasteiger partial charge in [-0.25, -0.2) is 4.39 Å². The molecule has 0 aliphatic rings. The Labute approximate surface area is 147 Å². The lowest BCUT2D eigenvalue weighted by atomic mass is 10.2. The van der Waals surface area contributed by atoms with Gasteiger partial charge < -0.3 is 14.4 Å². The van der Waals surface area contributed by atoms with Crippen molar-refractivity contribution >= 4 is 5.91 Å². The molecule has 132 valence electrons. The zero-order chi connectivity index (χ0) is 18.2. The third-order valence-electron chi connectivity index (χ3n) is 3.67. The van der Waals surface area contributed by atoms with E-state index in [0.29, 0.717) is 24.6 Å². The molecule has 25 heavy (non-hydrogen) atoms. The van der Waals surface area contributed by atoms with E-state index in [9.17, 15) is 9.18 Å². The topological polar surface area (TPSA) is 38.8 Å². The molecule has 0 N–H and O–H groups in total. The van der Waals surface area contributed by atoms with E-state index in [-0.39, 0.29) is 11.7 Å². The molecule has 1 atom stereocenters. The number of nitrogens with zero attached hydrogens (tertiary/aromatic N) is 1. The Bertz CT molecular complexity index is 715. The number of ether oxygens (including phenoxy) is 2. The van der Waals surface area contributed by atoms with Crippen LogP contribution in [0.4, 0.5) is 4.39 Å². The van der Waals surface area contributed by atoms with E-state index in [0.717, 1.165) is 5.56 Å². The van der Waals surface area contributed by atoms with Crippen molar-refractivity contribution in [1.29, 1.82) is 0 Å². The summed E-state index contributed by atoms with van der Waals surface area (Å²) in [5.41, 5.74) is 0.834. The summed E-state index contributed by atoms with van der Waals surface area (Å²) in [5.74, 6) is 0.579. The molecule has 4 nitrogen and oxygen atoms in total. The molecule has 0 aromatic heterocycles. The van der Waals surface area contributed by atoms with Crippen LogP contribution in [0.25, 0.3) is 0 Å². The van der Waals surface area contributed by atoms with Crippen molar-refractivity contribution in [3.63, 3.8) is 0 Å². The van der Waals surface area contributed by atoms with Crippen molar-refractivity contribution in [1.82, 2.24) is 4.90 Å². The molecule has 0 spiro atoms. The number of hydrogen-bond acceptors (Lipinski definition) is 3. The second kappa shape index (κ2) is 8.87. The summed E-state index contributed by atoms with van der Waals surface area (Å²) < 4.78 is 24.1. The first-order valence-corrected chi connectivity index (χ1v) is 7.99. The molecule has 0 saturated heterocycles. The summed E-state index contributed by atoms with van der Waals surface area (Å²) in [4.78, 5) is 14.4. The van der Waals surface area contributed by atoms with Crippen LogP contribution in [0, 0.1) is 5.82 Å². The molecule has 0 aliphatic carbocycles. The summed E-state index contributed by atoms with van der Waals surface area (Å²) in [7, 11) is 1.55. The highest BCUT2D eigenvalue weighted by molar-refractivity contribution is 5.81. The highest BCUT2D eigenvalue weighted by atomic mass is 19.1. The van der Waals surface area contributed by atoms with Gasteiger partial charge in [0.2, 0.25) is 0 Å². The fourth-order valence-electron chi connectivity index (χ4n) is 2.41. The van der Waals surface area contributed by atoms with Crippen LogP contribution in [0.5, 0.6) is 11.5 Å². The maximum absolute atomic E-state index is 13.0. The molecule has 0 saturated carbocycles. The number of para-hydroxylation sites is 2. The van der Waals surface area contributed by atoms with Crippen LogP contribution in [-0.4, -0.2) is 30.6 Å². The molecule has 1 amide bonds. The van der Waals surface area contributed by atoms with Gasteiger partial charge in [-0.1, -0.05) is 30.3 Å². The molecule has 0 bridgehead atoms. The summed E-state index contributed by atoms with van der Waals surface area (Å²) in [5, 5.41) is 0. The second-order valence-electron chi connectivity index (χ2n) is 5.54. The monoisotopic (exact) mass is 343 g/mol. The molecule has 2 aromatic rings. The van der Waals surface area contributed by atoms with E-state index in [1.165, 1.54) is 12.1 Å². The highest BCUT2D eigenvalue weighted by Gasteiger charge is 2.22. The number of methoxy groups -OCH3 is 1. The van der Waals surface area contributed by atoms with E-state index in [2.05, 4.69) is 6.58 Å². The Morgan fingerprint density at radius 1 is 1.20 bits per heavy atom. The van der Waals surface area contributed by atoms with Gasteiger partial charge >= 0.3 is 0 Å². The number of rotatable bonds is 8. The SMILES string of the molecule is C=CCN(Cc1ccc(F)cc1)C(=O)[C@@H](C)Oc1ccccc1OC. The first kappa shape index (κ1) is 18.5. The van der Waals surface area contributed by atoms with Crippen LogP contribution in [0.15, 0.2) is 61.2 Å². The molecular formula is C20H22FNO3. The maximum Gasteiger partial charge on any atom is 0.263 e. The highest BCUT2D eigenvalue weighted by Crippen LogP contribution is 2.27. The average molecular weight is 343 g/mol. The molecule has 0 heterocycles. The molecule has 5 heteroatoms. The number of halogens is 1. The van der Waals surface area contributed by atoms with Crippen molar-refractivity contribution < 1.29 is 18.7 Å². The van der Waals surface area contributed by atoms with Crippen molar-refractivity contribution in [3.05, 3.63) is 72.6 Å². The third kappa shape index (κ3) is 5.08. The summed E-state index contributed by atoms with van der Waals surface area (Å²) >= 11 is 0. The van der Waals surface area contributed by atoms with Gasteiger partial charge in [-0.2, -0.15) is 0 Å². The van der Waals surface area contributed by atoms with Crippen LogP contribution < -0.4 is 9.47 Å². The minimum absolute atomic E-state index is 0.185. The van der Waals surface area contributed by atoms with Gasteiger partial charge in [0.25, 0.3) is 5.91 Å². The zero-order valence-corrected chi connectivity index (χ0v) is 14.4. The van der Waals surface area contributed by atoms with Crippen molar-refractivity contribution in [2.45, 2.75) is 19.6 Å². The predicted molar refractivity (Wildman–Crippen MR) is 95.1 cm³/mol. The fraction of sp³-hybridized carbons (Fsp3) is 0.250. The average Bonchev–Trinajstić information content (AvgIpc) is 2.63. The lowest BCUT2D eigenvalue weighted by molar-refractivity contribution is -0.138. The van der Waals surface area contributed by atoms with Crippen LogP contribution >= 0.6 is 0 Å². The molecule has 0 aliphatic heterocycles. The van der Waals surface area contributed by atoms with Gasteiger partial charge in [0.15, 0.2) is 17.6 Å². The lowest BCUT2D eigenvalue weighted by Gasteiger charge is -2.25. The van der Waals surface area contributed by atoms with E-state index in [4.69, 9.17) is 9.47 Å². The van der Waals surface area contributed by atoms with Crippen molar-refractivity contribution in [2.24, 2.45) is 0 Å². The van der Waals surface area contributed by atoms with E-state index in [1.807, 2.05) is 12.1 Å². The summed E-state index contributed by atoms with van der Waals surface area (Å²) in [6, 6.07) is 13.2. The second-order valence-corrected chi connectivity index (χ2v) is 5.54. The summed E-state index contributed by atoms with van der Waals surface area (Å²) in [6.45, 7) is 6.11. The zero-order valence-electron chi connectivity index (χ0n) is 14.4. The van der Waals surface area contributed by atoms with Crippen LogP contribution in [0.3, 0.4) is 0 Å². The van der Waals surface area contributed by atoms with Gasteiger partial charge in [0.05, 0.1) is 7.11 Å². The number of hydrogen-bond donors (Lipinski definition) is 0. The van der Waals surface area contributed by atoms with Gasteiger partial charge in [-0.3, -0.25) is 4.79 Å². The Morgan fingerprint density at radius 3 is 2.44 bits per heavy atom. The molecule has 0 fully saturated rings. The van der Waals surface area contributed by atoms with E-state index in [1.54, 1.807) is 49.3 Å². The Balaban J connectivity index is 2.10. The van der Waals surface area contributed by atoms with Gasteiger partial charge in [-0.15, -0.1) is 6.58 Å². The third-order valence-corrected chi connectivity index (χ3v) is 3.67. The largest absolute Gasteiger partial charge is 0.493 e. The lowest BCUT2D eigenvalue weighted by Crippen LogP contribution is -2.40. The normalized spacial score (nSPS) is 11.5. The van der Waals surface area contributed by atoms with Crippen LogP contribution in [0.2, 0.25) is 0 Å². The Kier molecular flexibility index (Phi) is 6.57. The van der Waals surface area contributed by atoms with Gasteiger partial charge in [-0.05, 0) is 36.8 Å². The van der Waals surface area contributed by atoms with Crippen LogP contribution in [-0.2, 0) is 11.3 Å². The number of carbonyl (C=O) groups is 1. The van der Waals surface area contributed by atoms with E-state index < -0.39 is 6.10 Å². The van der Waals surface area contributed by atoms with Crippen molar-refractivity contribution in [3.8, 4) is 11.5 Å². The van der Waals surface area contributed by atoms with Crippen molar-refractivity contribution in [2.75, 3.05) is 13.7 Å². The Morgan fingerprint density at radius 2 is 1.84 bits per heavy atom. The molecule has 2 aromatic carbocycles. The first-order chi connectivity index (χ1) is 12.0. The maximum atomic E-state index is 13.0. The van der Waals surface area contributed by atoms with Gasteiger partial charge in [0, 0.05) is 13.1 Å². The molecular weight excluding hydrogens is 321 g/mol. The minimum Gasteiger partial charge on any atom is -0.493 e. The number of benzene rings is 2. The molecule has 2 rings (SSSR count). The molecule has 0 unspecified atom stereocenters. The van der Waals surface area contributed by atoms with E-state index >= 15 is 0 Å². The minimum atomic E-state index is -0.698. The quantitative estimate of drug-likeness (QED) is 0.684. The first-order valence-electron chi connectivity index (χ1n) is 7.99.